The predicted molar refractivity (Wildman–Crippen MR) is 68.2 cm³/mol. The normalized spacial score (nSPS) is 15.0. The number of carbonyl (C=O) groups excluding carboxylic acids is 1. The van der Waals surface area contributed by atoms with E-state index in [-0.39, 0.29) is 65.2 Å². The molecular weight excluding hydrogens is 329 g/mol. The van der Waals surface area contributed by atoms with Crippen LogP contribution in [0.5, 0.6) is 0 Å². The third-order valence-electron chi connectivity index (χ3n) is 2.86. The van der Waals surface area contributed by atoms with Crippen molar-refractivity contribution in [2.45, 2.75) is 31.8 Å². The zero-order valence-electron chi connectivity index (χ0n) is 12.9. The number of carbonyl (C=O) groups is 1. The van der Waals surface area contributed by atoms with Gasteiger partial charge in [0.1, 0.15) is 13.9 Å². The molecule has 1 aliphatic carbocycles. The second kappa shape index (κ2) is 9.79. The minimum absolute atomic E-state index is 0. The first-order chi connectivity index (χ1) is 9.37. The third-order valence-corrected chi connectivity index (χ3v) is 3.27. The van der Waals surface area contributed by atoms with Crippen molar-refractivity contribution < 1.29 is 82.8 Å². The van der Waals surface area contributed by atoms with Crippen LogP contribution in [0.4, 0.5) is 5.69 Å². The van der Waals surface area contributed by atoms with E-state index in [2.05, 4.69) is 9.95 Å². The summed E-state index contributed by atoms with van der Waals surface area (Å²) in [5, 5.41) is 1.52. The third kappa shape index (κ3) is 7.45. The van der Waals surface area contributed by atoms with E-state index in [0.29, 0.717) is 5.69 Å². The molecule has 1 aliphatic rings. The number of hydrogen-bond donors (Lipinski definition) is 1. The number of para-hydroxylation sites is 1. The Morgan fingerprint density at radius 3 is 2.32 bits per heavy atom. The molecule has 1 atom stereocenters. The van der Waals surface area contributed by atoms with Crippen molar-refractivity contribution in [1.29, 1.82) is 0 Å². The van der Waals surface area contributed by atoms with E-state index in [1.807, 2.05) is 6.07 Å². The second-order valence-corrected chi connectivity index (χ2v) is 5.72. The number of phosphoric acid groups is 1. The Labute approximate surface area is 173 Å². The molecule has 1 fully saturated rings. The summed E-state index contributed by atoms with van der Waals surface area (Å²) in [4.78, 5) is 32.8. The van der Waals surface area contributed by atoms with Crippen molar-refractivity contribution >= 4 is 19.5 Å². The average molecular weight is 344 g/mol. The van der Waals surface area contributed by atoms with E-state index >= 15 is 0 Å². The van der Waals surface area contributed by atoms with Gasteiger partial charge in [0, 0.05) is 6.04 Å². The van der Waals surface area contributed by atoms with Crippen molar-refractivity contribution in [2.24, 2.45) is 0 Å². The van der Waals surface area contributed by atoms with Gasteiger partial charge in [0.2, 0.25) is 0 Å². The fraction of sp³-hybridized carbons (Fsp3) is 0.417. The Morgan fingerprint density at radius 1 is 1.32 bits per heavy atom. The fourth-order valence-electron chi connectivity index (χ4n) is 1.70. The molecular formula is C12H15N2Na2O5P. The molecule has 0 spiro atoms. The molecule has 0 unspecified atom stereocenters. The molecule has 2 rings (SSSR count). The Balaban J connectivity index is 0.00000220. The van der Waals surface area contributed by atoms with Gasteiger partial charge in [0.25, 0.3) is 0 Å². The van der Waals surface area contributed by atoms with Crippen LogP contribution in [0.3, 0.4) is 0 Å². The standard InChI is InChI=1S/C12H17N2O5P.2Na/c1-9(12(15)19-20(16,17)18)14(13-10-7-8-10)11-5-3-2-4-6-11;;/h2-6,9-10,13H,7-8H2,1H3,(H2,16,17,18);;/q;2*+1/p-2/t9-;;/m0../s1. The molecule has 0 heterocycles. The maximum absolute atomic E-state index is 11.7. The Kier molecular flexibility index (Phi) is 10.1. The monoisotopic (exact) mass is 344 g/mol. The minimum atomic E-state index is -5.33. The van der Waals surface area contributed by atoms with Crippen molar-refractivity contribution in [2.75, 3.05) is 5.01 Å². The summed E-state index contributed by atoms with van der Waals surface area (Å²) in [7, 11) is -5.33. The number of anilines is 1. The van der Waals surface area contributed by atoms with Crippen LogP contribution in [0.25, 0.3) is 0 Å². The molecule has 22 heavy (non-hydrogen) atoms. The van der Waals surface area contributed by atoms with Crippen LogP contribution < -0.4 is 79.3 Å². The molecule has 10 heteroatoms. The van der Waals surface area contributed by atoms with Gasteiger partial charge in [-0.05, 0) is 31.9 Å². The van der Waals surface area contributed by atoms with Crippen LogP contribution in [0.2, 0.25) is 0 Å². The van der Waals surface area contributed by atoms with E-state index < -0.39 is 19.8 Å². The van der Waals surface area contributed by atoms with Gasteiger partial charge in [-0.1, -0.05) is 18.2 Å². The zero-order chi connectivity index (χ0) is 14.8. The molecule has 0 aromatic heterocycles. The van der Waals surface area contributed by atoms with Crippen molar-refractivity contribution in [1.82, 2.24) is 5.43 Å². The van der Waals surface area contributed by atoms with Crippen LogP contribution in [-0.4, -0.2) is 18.1 Å². The van der Waals surface area contributed by atoms with Gasteiger partial charge in [-0.15, -0.1) is 0 Å². The molecule has 0 bridgehead atoms. The number of benzene rings is 1. The van der Waals surface area contributed by atoms with E-state index in [0.717, 1.165) is 12.8 Å². The summed E-state index contributed by atoms with van der Waals surface area (Å²) in [6.07, 6.45) is 1.96. The summed E-state index contributed by atoms with van der Waals surface area (Å²) in [5.74, 6) is -1.10. The second-order valence-electron chi connectivity index (χ2n) is 4.64. The molecule has 0 saturated heterocycles. The first kappa shape index (κ1) is 22.6. The van der Waals surface area contributed by atoms with E-state index in [4.69, 9.17) is 0 Å². The summed E-state index contributed by atoms with van der Waals surface area (Å²) in [6, 6.07) is 8.26. The number of rotatable bonds is 6. The molecule has 1 aromatic carbocycles. The molecule has 110 valence electrons. The fourth-order valence-corrected chi connectivity index (χ4v) is 2.07. The number of nitrogens with one attached hydrogen (secondary N) is 1. The van der Waals surface area contributed by atoms with Crippen molar-refractivity contribution in [3.8, 4) is 0 Å². The van der Waals surface area contributed by atoms with E-state index in [1.165, 1.54) is 11.9 Å². The predicted octanol–water partition coefficient (Wildman–Crippen LogP) is -6.07. The van der Waals surface area contributed by atoms with Crippen LogP contribution >= 0.6 is 7.82 Å². The number of hydrogen-bond acceptors (Lipinski definition) is 7. The molecule has 1 N–H and O–H groups in total. The van der Waals surface area contributed by atoms with Gasteiger partial charge in [-0.3, -0.25) is 5.01 Å². The van der Waals surface area contributed by atoms with Gasteiger partial charge in [-0.2, -0.15) is 0 Å². The SMILES string of the molecule is C[C@@H](C(=O)OP(=O)([O-])[O-])N(NC1CC1)c1ccccc1.[Na+].[Na+]. The first-order valence-corrected chi connectivity index (χ1v) is 7.69. The number of nitrogens with zero attached hydrogens (tertiary/aromatic N) is 1. The van der Waals surface area contributed by atoms with Crippen LogP contribution in [0.15, 0.2) is 30.3 Å². The largest absolute Gasteiger partial charge is 1.00 e. The number of hydrazine groups is 1. The number of phosphoric ester groups is 1. The smallest absolute Gasteiger partial charge is 0.780 e. The summed E-state index contributed by atoms with van der Waals surface area (Å²) in [5.41, 5.74) is 3.80. The van der Waals surface area contributed by atoms with Crippen molar-refractivity contribution in [3.05, 3.63) is 30.3 Å². The minimum Gasteiger partial charge on any atom is -0.780 e. The molecule has 0 amide bonds. The molecule has 1 aromatic rings. The first-order valence-electron chi connectivity index (χ1n) is 6.23. The van der Waals surface area contributed by atoms with Crippen LogP contribution in [0, 0.1) is 0 Å². The maximum atomic E-state index is 11.7. The Bertz CT molecular complexity index is 524. The molecule has 7 nitrogen and oxygen atoms in total. The van der Waals surface area contributed by atoms with Gasteiger partial charge < -0.3 is 18.9 Å². The summed E-state index contributed by atoms with van der Waals surface area (Å²) in [6.45, 7) is 1.47. The van der Waals surface area contributed by atoms with E-state index in [1.54, 1.807) is 24.3 Å². The average Bonchev–Trinajstić information content (AvgIpc) is 3.18. The summed E-state index contributed by atoms with van der Waals surface area (Å²) < 4.78 is 14.5. The Morgan fingerprint density at radius 2 is 1.86 bits per heavy atom. The van der Waals surface area contributed by atoms with Gasteiger partial charge in [0.15, 0.2) is 0 Å². The molecule has 0 aliphatic heterocycles. The van der Waals surface area contributed by atoms with Crippen LogP contribution in [-0.2, 0) is 13.9 Å². The quantitative estimate of drug-likeness (QED) is 0.311. The van der Waals surface area contributed by atoms with E-state index in [9.17, 15) is 19.1 Å². The Hall–Kier alpha value is 0.600. The zero-order valence-corrected chi connectivity index (χ0v) is 17.8. The summed E-state index contributed by atoms with van der Waals surface area (Å²) >= 11 is 0. The molecule has 0 radical (unpaired) electrons. The van der Waals surface area contributed by atoms with Gasteiger partial charge in [-0.25, -0.2) is 10.2 Å². The molecule has 1 saturated carbocycles. The van der Waals surface area contributed by atoms with Gasteiger partial charge >= 0.3 is 65.1 Å². The van der Waals surface area contributed by atoms with Crippen molar-refractivity contribution in [3.63, 3.8) is 0 Å². The van der Waals surface area contributed by atoms with Gasteiger partial charge in [0.05, 0.1) is 5.69 Å². The maximum Gasteiger partial charge on any atom is 1.00 e. The topological polar surface area (TPSA) is 105 Å². The van der Waals surface area contributed by atoms with Crippen LogP contribution in [0.1, 0.15) is 19.8 Å².